The van der Waals surface area contributed by atoms with Crippen LogP contribution in [0.15, 0.2) is 0 Å². The highest BCUT2D eigenvalue weighted by Crippen LogP contribution is 2.25. The van der Waals surface area contributed by atoms with Crippen molar-refractivity contribution in [3.8, 4) is 0 Å². The summed E-state index contributed by atoms with van der Waals surface area (Å²) >= 11 is 0. The van der Waals surface area contributed by atoms with Gasteiger partial charge in [0.15, 0.2) is 0 Å². The number of piperazine rings is 1. The molecule has 98 valence electrons. The number of hydrogen-bond acceptors (Lipinski definition) is 4. The molecule has 1 aliphatic carbocycles. The lowest BCUT2D eigenvalue weighted by Crippen LogP contribution is -2.52. The first-order chi connectivity index (χ1) is 7.97. The van der Waals surface area contributed by atoms with Gasteiger partial charge >= 0.3 is 5.97 Å². The first-order valence-electron chi connectivity index (χ1n) is 6.68. The molecule has 1 saturated heterocycles. The molecule has 0 spiro atoms. The van der Waals surface area contributed by atoms with E-state index in [0.717, 1.165) is 32.2 Å². The van der Waals surface area contributed by atoms with Gasteiger partial charge in [-0.25, -0.2) is 4.79 Å². The number of hydroxylamine groups is 2. The molecule has 17 heavy (non-hydrogen) atoms. The second-order valence-corrected chi connectivity index (χ2v) is 6.18. The Kier molecular flexibility index (Phi) is 3.73. The maximum atomic E-state index is 11.7. The molecule has 0 amide bonds. The van der Waals surface area contributed by atoms with Crippen molar-refractivity contribution in [2.24, 2.45) is 5.41 Å². The highest BCUT2D eigenvalue weighted by molar-refractivity contribution is 5.75. The average Bonchev–Trinajstić information content (AvgIpc) is 2.16. The van der Waals surface area contributed by atoms with Gasteiger partial charge in [-0.2, -0.15) is 0 Å². The van der Waals surface area contributed by atoms with Crippen molar-refractivity contribution in [1.82, 2.24) is 9.96 Å². The van der Waals surface area contributed by atoms with E-state index in [-0.39, 0.29) is 5.97 Å². The van der Waals surface area contributed by atoms with E-state index in [4.69, 9.17) is 4.84 Å². The average molecular weight is 240 g/mol. The summed E-state index contributed by atoms with van der Waals surface area (Å²) in [5, 5.41) is 1.82. The minimum absolute atomic E-state index is 0.130. The number of carbonyl (C=O) groups is 1. The van der Waals surface area contributed by atoms with E-state index in [2.05, 4.69) is 4.90 Å². The van der Waals surface area contributed by atoms with Crippen LogP contribution < -0.4 is 0 Å². The van der Waals surface area contributed by atoms with Crippen LogP contribution in [0.1, 0.15) is 40.0 Å². The molecule has 0 unspecified atom stereocenters. The zero-order chi connectivity index (χ0) is 12.5. The fourth-order valence-corrected chi connectivity index (χ4v) is 2.17. The maximum Gasteiger partial charge on any atom is 0.330 e. The van der Waals surface area contributed by atoms with Crippen LogP contribution in [0.3, 0.4) is 0 Å². The molecular weight excluding hydrogens is 216 g/mol. The van der Waals surface area contributed by atoms with E-state index in [9.17, 15) is 4.79 Å². The minimum atomic E-state index is -0.412. The quantitative estimate of drug-likeness (QED) is 0.735. The van der Waals surface area contributed by atoms with Crippen molar-refractivity contribution in [3.63, 3.8) is 0 Å². The molecule has 0 atom stereocenters. The fraction of sp³-hybridized carbons (Fsp3) is 0.923. The summed E-state index contributed by atoms with van der Waals surface area (Å²) in [7, 11) is 0. The molecule has 4 nitrogen and oxygen atoms in total. The lowest BCUT2D eigenvalue weighted by Gasteiger charge is -2.42. The molecule has 2 rings (SSSR count). The third-order valence-corrected chi connectivity index (χ3v) is 3.69. The largest absolute Gasteiger partial charge is 0.367 e. The topological polar surface area (TPSA) is 32.8 Å². The van der Waals surface area contributed by atoms with E-state index < -0.39 is 5.41 Å². The normalized spacial score (nSPS) is 24.4. The molecule has 0 bridgehead atoms. The Morgan fingerprint density at radius 1 is 1.12 bits per heavy atom. The summed E-state index contributed by atoms with van der Waals surface area (Å²) in [6.45, 7) is 9.42. The van der Waals surface area contributed by atoms with E-state index >= 15 is 0 Å². The number of hydrogen-bond donors (Lipinski definition) is 0. The highest BCUT2D eigenvalue weighted by atomic mass is 16.7. The predicted molar refractivity (Wildman–Crippen MR) is 66.3 cm³/mol. The van der Waals surface area contributed by atoms with Crippen molar-refractivity contribution in [2.45, 2.75) is 46.1 Å². The van der Waals surface area contributed by atoms with E-state index in [1.165, 1.54) is 19.3 Å². The number of rotatable bonds is 2. The van der Waals surface area contributed by atoms with Crippen LogP contribution in [0.5, 0.6) is 0 Å². The summed E-state index contributed by atoms with van der Waals surface area (Å²) in [6, 6.07) is 0.801. The van der Waals surface area contributed by atoms with Gasteiger partial charge in [0.2, 0.25) is 0 Å². The van der Waals surface area contributed by atoms with Crippen LogP contribution in [0.4, 0.5) is 0 Å². The van der Waals surface area contributed by atoms with Crippen LogP contribution in [0, 0.1) is 5.41 Å². The van der Waals surface area contributed by atoms with Crippen LogP contribution in [-0.4, -0.2) is 48.2 Å². The molecular formula is C13H24N2O2. The zero-order valence-electron chi connectivity index (χ0n) is 11.2. The predicted octanol–water partition coefficient (Wildman–Crippen LogP) is 1.66. The van der Waals surface area contributed by atoms with Crippen LogP contribution >= 0.6 is 0 Å². The first kappa shape index (κ1) is 12.8. The van der Waals surface area contributed by atoms with Crippen LogP contribution in [0.2, 0.25) is 0 Å². The van der Waals surface area contributed by atoms with Crippen molar-refractivity contribution in [2.75, 3.05) is 26.2 Å². The summed E-state index contributed by atoms with van der Waals surface area (Å²) in [4.78, 5) is 19.7. The smallest absolute Gasteiger partial charge is 0.330 e. The molecule has 0 radical (unpaired) electrons. The van der Waals surface area contributed by atoms with E-state index in [1.54, 1.807) is 0 Å². The van der Waals surface area contributed by atoms with E-state index in [1.807, 2.05) is 25.8 Å². The van der Waals surface area contributed by atoms with Gasteiger partial charge in [0, 0.05) is 32.2 Å². The SMILES string of the molecule is CC(C)(C)C(=O)ON1CCN(C2CCC2)CC1. The van der Waals surface area contributed by atoms with Gasteiger partial charge in [-0.15, -0.1) is 5.06 Å². The Morgan fingerprint density at radius 2 is 1.71 bits per heavy atom. The molecule has 4 heteroatoms. The third kappa shape index (κ3) is 3.19. The Labute approximate surface area is 104 Å². The van der Waals surface area contributed by atoms with Gasteiger partial charge in [-0.05, 0) is 33.6 Å². The van der Waals surface area contributed by atoms with Crippen molar-refractivity contribution in [3.05, 3.63) is 0 Å². The molecule has 0 N–H and O–H groups in total. The summed E-state index contributed by atoms with van der Waals surface area (Å²) in [6.07, 6.45) is 4.08. The van der Waals surface area contributed by atoms with Crippen molar-refractivity contribution >= 4 is 5.97 Å². The Bertz CT molecular complexity index is 274. The van der Waals surface area contributed by atoms with E-state index in [0.29, 0.717) is 0 Å². The molecule has 1 heterocycles. The third-order valence-electron chi connectivity index (χ3n) is 3.69. The molecule has 0 aromatic heterocycles. The lowest BCUT2D eigenvalue weighted by atomic mass is 9.91. The standard InChI is InChI=1S/C13H24N2O2/c1-13(2,3)12(16)17-15-9-7-14(8-10-15)11-5-4-6-11/h11H,4-10H2,1-3H3. The van der Waals surface area contributed by atoms with Gasteiger partial charge < -0.3 is 4.84 Å². The molecule has 2 fully saturated rings. The summed E-state index contributed by atoms with van der Waals surface area (Å²) in [5.74, 6) is -0.130. The Morgan fingerprint density at radius 3 is 2.12 bits per heavy atom. The molecule has 0 aromatic carbocycles. The van der Waals surface area contributed by atoms with Gasteiger partial charge in [0.1, 0.15) is 0 Å². The molecule has 1 aliphatic heterocycles. The molecule has 0 aromatic rings. The zero-order valence-corrected chi connectivity index (χ0v) is 11.2. The summed E-state index contributed by atoms with van der Waals surface area (Å²) < 4.78 is 0. The molecule has 1 saturated carbocycles. The number of carbonyl (C=O) groups excluding carboxylic acids is 1. The van der Waals surface area contributed by atoms with Gasteiger partial charge in [0.25, 0.3) is 0 Å². The minimum Gasteiger partial charge on any atom is -0.367 e. The summed E-state index contributed by atoms with van der Waals surface area (Å²) in [5.41, 5.74) is -0.412. The second-order valence-electron chi connectivity index (χ2n) is 6.18. The van der Waals surface area contributed by atoms with Crippen molar-refractivity contribution < 1.29 is 9.63 Å². The van der Waals surface area contributed by atoms with Crippen LogP contribution in [0.25, 0.3) is 0 Å². The molecule has 2 aliphatic rings. The van der Waals surface area contributed by atoms with Crippen LogP contribution in [-0.2, 0) is 9.63 Å². The monoisotopic (exact) mass is 240 g/mol. The number of nitrogens with zero attached hydrogens (tertiary/aromatic N) is 2. The lowest BCUT2D eigenvalue weighted by molar-refractivity contribution is -0.208. The van der Waals surface area contributed by atoms with Crippen molar-refractivity contribution in [1.29, 1.82) is 0 Å². The van der Waals surface area contributed by atoms with Gasteiger partial charge in [0.05, 0.1) is 5.41 Å². The van der Waals surface area contributed by atoms with Gasteiger partial charge in [-0.1, -0.05) is 6.42 Å². The second kappa shape index (κ2) is 4.94. The fourth-order valence-electron chi connectivity index (χ4n) is 2.17. The maximum absolute atomic E-state index is 11.7. The van der Waals surface area contributed by atoms with Gasteiger partial charge in [-0.3, -0.25) is 4.90 Å². The highest BCUT2D eigenvalue weighted by Gasteiger charge is 2.31. The Hall–Kier alpha value is -0.610. The Balaban J connectivity index is 1.73. The first-order valence-corrected chi connectivity index (χ1v) is 6.68.